The molecule has 0 spiro atoms. The highest BCUT2D eigenvalue weighted by molar-refractivity contribution is 8.69. The molecule has 0 radical (unpaired) electrons. The van der Waals surface area contributed by atoms with Gasteiger partial charge in [0.05, 0.1) is 0 Å². The van der Waals surface area contributed by atoms with Crippen LogP contribution in [0.2, 0.25) is 0 Å². The fourth-order valence-electron chi connectivity index (χ4n) is 1.11. The molecule has 7 heteroatoms. The second-order valence-electron chi connectivity index (χ2n) is 3.44. The minimum atomic E-state index is -4.07. The van der Waals surface area contributed by atoms with Crippen LogP contribution in [0.25, 0.3) is 0 Å². The Morgan fingerprint density at radius 1 is 1.44 bits per heavy atom. The van der Waals surface area contributed by atoms with Gasteiger partial charge < -0.3 is 5.11 Å². The van der Waals surface area contributed by atoms with Crippen molar-refractivity contribution >= 4 is 19.9 Å². The molecule has 0 saturated carbocycles. The Morgan fingerprint density at radius 2 is 2.00 bits per heavy atom. The van der Waals surface area contributed by atoms with Crippen LogP contribution in [0.15, 0.2) is 24.5 Å². The van der Waals surface area contributed by atoms with Gasteiger partial charge in [-0.25, -0.2) is 4.57 Å². The van der Waals surface area contributed by atoms with E-state index < -0.39 is 15.3 Å². The van der Waals surface area contributed by atoms with E-state index in [4.69, 9.17) is 4.55 Å². The third-order valence-electron chi connectivity index (χ3n) is 1.89. The molecule has 0 amide bonds. The molecule has 2 N–H and O–H groups in total. The van der Waals surface area contributed by atoms with Crippen molar-refractivity contribution in [2.75, 3.05) is 5.75 Å². The second kappa shape index (κ2) is 5.62. The lowest BCUT2D eigenvalue weighted by Gasteiger charge is -2.05. The summed E-state index contributed by atoms with van der Waals surface area (Å²) in [6.45, 7) is 2.25. The van der Waals surface area contributed by atoms with Gasteiger partial charge in [0.25, 0.3) is 0 Å². The molecule has 1 aromatic heterocycles. The van der Waals surface area contributed by atoms with Crippen LogP contribution >= 0.6 is 10.8 Å². The van der Waals surface area contributed by atoms with Crippen LogP contribution < -0.4 is 4.57 Å². The number of hydrogen-bond donors (Lipinski definition) is 2. The van der Waals surface area contributed by atoms with Gasteiger partial charge in [-0.2, -0.15) is 8.42 Å². The third-order valence-corrected chi connectivity index (χ3v) is 4.01. The lowest BCUT2D eigenvalue weighted by molar-refractivity contribution is -0.702. The fraction of sp³-hybridized carbons (Fsp3) is 0.444. The molecule has 0 fully saturated rings. The van der Waals surface area contributed by atoms with Gasteiger partial charge in [-0.3, -0.25) is 4.55 Å². The molecule has 1 heterocycles. The number of aromatic nitrogens is 1. The van der Waals surface area contributed by atoms with Crippen molar-refractivity contribution in [1.82, 2.24) is 0 Å². The van der Waals surface area contributed by atoms with Gasteiger partial charge in [0.15, 0.2) is 18.9 Å². The summed E-state index contributed by atoms with van der Waals surface area (Å²) >= 11 is 0. The van der Waals surface area contributed by atoms with Crippen LogP contribution in [0.4, 0.5) is 0 Å². The molecule has 0 saturated heterocycles. The first kappa shape index (κ1) is 13.4. The Labute approximate surface area is 98.3 Å². The quantitative estimate of drug-likeness (QED) is 0.450. The summed E-state index contributed by atoms with van der Waals surface area (Å²) in [4.78, 5) is 0. The summed E-state index contributed by atoms with van der Waals surface area (Å²) in [7, 11) is -3.74. The molecular formula is C9H14NO4S2+. The van der Waals surface area contributed by atoms with Crippen molar-refractivity contribution in [3.05, 3.63) is 30.1 Å². The Balaban J connectivity index is 2.45. The average Bonchev–Trinajstić information content (AvgIpc) is 2.18. The lowest BCUT2D eigenvalue weighted by atomic mass is 10.3. The van der Waals surface area contributed by atoms with Crippen molar-refractivity contribution in [3.63, 3.8) is 0 Å². The molecule has 1 atom stereocenters. The van der Waals surface area contributed by atoms with Gasteiger partial charge in [-0.15, -0.1) is 0 Å². The summed E-state index contributed by atoms with van der Waals surface area (Å²) in [5.74, 6) is -0.0558. The molecule has 5 nitrogen and oxygen atoms in total. The number of hydrogen-bond acceptors (Lipinski definition) is 4. The smallest absolute Gasteiger partial charge is 0.319 e. The van der Waals surface area contributed by atoms with E-state index in [0.717, 1.165) is 5.56 Å². The summed E-state index contributed by atoms with van der Waals surface area (Å²) in [5, 5.41) is 9.52. The highest BCUT2D eigenvalue weighted by Gasteiger charge is 2.15. The van der Waals surface area contributed by atoms with Crippen LogP contribution in [-0.4, -0.2) is 29.9 Å². The SMILES string of the molecule is Cc1cc[n+](CC(O)CSS(=O)(=O)O)cc1. The van der Waals surface area contributed by atoms with E-state index in [1.165, 1.54) is 0 Å². The van der Waals surface area contributed by atoms with Crippen LogP contribution in [0.5, 0.6) is 0 Å². The summed E-state index contributed by atoms with van der Waals surface area (Å²) in [6, 6.07) is 3.78. The number of pyridine rings is 1. The van der Waals surface area contributed by atoms with Crippen LogP contribution in [0, 0.1) is 6.92 Å². The van der Waals surface area contributed by atoms with E-state index in [1.54, 1.807) is 17.0 Å². The predicted molar refractivity (Wildman–Crippen MR) is 61.4 cm³/mol. The molecule has 0 aliphatic rings. The first-order valence-corrected chi connectivity index (χ1v) is 7.57. The van der Waals surface area contributed by atoms with Crippen molar-refractivity contribution in [1.29, 1.82) is 0 Å². The van der Waals surface area contributed by atoms with E-state index in [9.17, 15) is 13.5 Å². The Morgan fingerprint density at radius 3 is 2.50 bits per heavy atom. The maximum Gasteiger partial charge on any atom is 0.319 e. The highest BCUT2D eigenvalue weighted by Crippen LogP contribution is 2.10. The summed E-state index contributed by atoms with van der Waals surface area (Å²) in [5.41, 5.74) is 1.11. The number of rotatable bonds is 5. The number of aryl methyl sites for hydroxylation is 1. The van der Waals surface area contributed by atoms with Crippen molar-refractivity contribution in [3.8, 4) is 0 Å². The summed E-state index contributed by atoms with van der Waals surface area (Å²) in [6.07, 6.45) is 2.78. The normalized spacial score (nSPS) is 13.7. The topological polar surface area (TPSA) is 78.5 Å². The number of aliphatic hydroxyl groups is 1. The van der Waals surface area contributed by atoms with Crippen LogP contribution in [0.3, 0.4) is 0 Å². The molecule has 0 aromatic carbocycles. The summed E-state index contributed by atoms with van der Waals surface area (Å²) < 4.78 is 31.1. The molecule has 1 rings (SSSR count). The Bertz CT molecular complexity index is 429. The highest BCUT2D eigenvalue weighted by atomic mass is 33.1. The molecule has 90 valence electrons. The lowest BCUT2D eigenvalue weighted by Crippen LogP contribution is -2.40. The van der Waals surface area contributed by atoms with Gasteiger partial charge in [0, 0.05) is 17.9 Å². The zero-order valence-electron chi connectivity index (χ0n) is 8.78. The minimum absolute atomic E-state index is 0.0558. The largest absolute Gasteiger partial charge is 0.386 e. The maximum absolute atomic E-state index is 10.4. The van der Waals surface area contributed by atoms with Crippen molar-refractivity contribution in [2.24, 2.45) is 0 Å². The Kier molecular flexibility index (Phi) is 4.72. The third kappa shape index (κ3) is 5.45. The van der Waals surface area contributed by atoms with Crippen molar-refractivity contribution in [2.45, 2.75) is 19.6 Å². The molecule has 1 aromatic rings. The van der Waals surface area contributed by atoms with Gasteiger partial charge in [0.1, 0.15) is 6.10 Å². The van der Waals surface area contributed by atoms with Gasteiger partial charge in [0.2, 0.25) is 0 Å². The standard InChI is InChI=1S/C9H13NO4S2/c1-8-2-4-10(5-3-8)6-9(11)7-15-16(12,13)14/h2-5,9,11H,6-7H2,1H3/p+1. The molecular weight excluding hydrogens is 250 g/mol. The van der Waals surface area contributed by atoms with Gasteiger partial charge >= 0.3 is 9.15 Å². The molecule has 16 heavy (non-hydrogen) atoms. The number of nitrogens with zero attached hydrogens (tertiary/aromatic N) is 1. The zero-order chi connectivity index (χ0) is 12.2. The van der Waals surface area contributed by atoms with E-state index in [-0.39, 0.29) is 5.75 Å². The van der Waals surface area contributed by atoms with E-state index in [1.807, 2.05) is 19.1 Å². The first-order chi connectivity index (χ1) is 7.37. The van der Waals surface area contributed by atoms with Crippen LogP contribution in [-0.2, 0) is 15.7 Å². The fourth-order valence-corrected chi connectivity index (χ4v) is 2.54. The first-order valence-electron chi connectivity index (χ1n) is 4.62. The number of aliphatic hydroxyl groups excluding tert-OH is 1. The van der Waals surface area contributed by atoms with E-state index >= 15 is 0 Å². The molecule has 0 aliphatic carbocycles. The average molecular weight is 264 g/mol. The van der Waals surface area contributed by atoms with E-state index in [2.05, 4.69) is 0 Å². The van der Waals surface area contributed by atoms with Crippen molar-refractivity contribution < 1.29 is 22.6 Å². The molecule has 1 unspecified atom stereocenters. The monoisotopic (exact) mass is 264 g/mol. The van der Waals surface area contributed by atoms with Gasteiger partial charge in [-0.1, -0.05) is 0 Å². The molecule has 0 bridgehead atoms. The predicted octanol–water partition coefficient (Wildman–Crippen LogP) is 0.179. The van der Waals surface area contributed by atoms with Gasteiger partial charge in [-0.05, 0) is 23.3 Å². The minimum Gasteiger partial charge on any atom is -0.386 e. The van der Waals surface area contributed by atoms with E-state index in [0.29, 0.717) is 17.3 Å². The maximum atomic E-state index is 10.4. The molecule has 0 aliphatic heterocycles. The van der Waals surface area contributed by atoms with Crippen LogP contribution in [0.1, 0.15) is 5.56 Å². The second-order valence-corrected chi connectivity index (χ2v) is 6.83. The Hall–Kier alpha value is -0.630. The zero-order valence-corrected chi connectivity index (χ0v) is 10.4.